The highest BCUT2D eigenvalue weighted by Gasteiger charge is 2.09. The van der Waals surface area contributed by atoms with E-state index < -0.39 is 0 Å². The molecule has 0 saturated carbocycles. The lowest BCUT2D eigenvalue weighted by Gasteiger charge is -2.13. The number of methoxy groups -OCH3 is 1. The molecular formula is C14H11Br4NO. The van der Waals surface area contributed by atoms with Crippen molar-refractivity contribution in [2.75, 3.05) is 12.4 Å². The van der Waals surface area contributed by atoms with E-state index in [2.05, 4.69) is 69.0 Å². The quantitative estimate of drug-likeness (QED) is 0.499. The van der Waals surface area contributed by atoms with E-state index in [0.29, 0.717) is 6.54 Å². The highest BCUT2D eigenvalue weighted by Crippen LogP contribution is 2.35. The van der Waals surface area contributed by atoms with E-state index in [0.717, 1.165) is 34.9 Å². The van der Waals surface area contributed by atoms with Crippen molar-refractivity contribution < 1.29 is 4.74 Å². The number of hydrogen-bond acceptors (Lipinski definition) is 2. The topological polar surface area (TPSA) is 21.3 Å². The van der Waals surface area contributed by atoms with Gasteiger partial charge in [0.2, 0.25) is 0 Å². The molecule has 0 unspecified atom stereocenters. The van der Waals surface area contributed by atoms with Crippen LogP contribution >= 0.6 is 63.7 Å². The maximum atomic E-state index is 5.30. The Hall–Kier alpha value is -0.0400. The summed E-state index contributed by atoms with van der Waals surface area (Å²) >= 11 is 14.1. The number of rotatable bonds is 4. The molecule has 2 aromatic rings. The fourth-order valence-electron chi connectivity index (χ4n) is 1.77. The molecule has 0 radical (unpaired) electrons. The second-order valence-electron chi connectivity index (χ2n) is 4.04. The van der Waals surface area contributed by atoms with E-state index in [9.17, 15) is 0 Å². The van der Waals surface area contributed by atoms with Crippen molar-refractivity contribution in [2.45, 2.75) is 6.54 Å². The maximum Gasteiger partial charge on any atom is 0.147 e. The summed E-state index contributed by atoms with van der Waals surface area (Å²) in [7, 11) is 1.65. The smallest absolute Gasteiger partial charge is 0.147 e. The molecule has 0 saturated heterocycles. The molecule has 106 valence electrons. The van der Waals surface area contributed by atoms with E-state index in [-0.39, 0.29) is 0 Å². The lowest BCUT2D eigenvalue weighted by Crippen LogP contribution is -2.01. The zero-order chi connectivity index (χ0) is 14.7. The zero-order valence-electron chi connectivity index (χ0n) is 10.5. The predicted molar refractivity (Wildman–Crippen MR) is 97.6 cm³/mol. The van der Waals surface area contributed by atoms with Crippen LogP contribution in [-0.4, -0.2) is 7.11 Å². The average molecular weight is 529 g/mol. The molecule has 0 aliphatic rings. The lowest BCUT2D eigenvalue weighted by molar-refractivity contribution is 0.409. The third-order valence-electron chi connectivity index (χ3n) is 2.69. The van der Waals surface area contributed by atoms with Gasteiger partial charge in [0.1, 0.15) is 5.75 Å². The molecule has 0 aromatic heterocycles. The molecule has 6 heteroatoms. The standard InChI is InChI=1S/C14H11Br4NO/c1-20-14-11(17)5-8(6-12(14)18)7-19-13-9(15)3-2-4-10(13)16/h2-6,19H,7H2,1H3. The Labute approximate surface area is 151 Å². The third kappa shape index (κ3) is 3.78. The van der Waals surface area contributed by atoms with Crippen molar-refractivity contribution in [1.29, 1.82) is 0 Å². The van der Waals surface area contributed by atoms with Gasteiger partial charge in [0, 0.05) is 15.5 Å². The number of nitrogens with one attached hydrogen (secondary N) is 1. The van der Waals surface area contributed by atoms with Gasteiger partial charge in [-0.2, -0.15) is 0 Å². The monoisotopic (exact) mass is 525 g/mol. The van der Waals surface area contributed by atoms with E-state index in [1.54, 1.807) is 7.11 Å². The summed E-state index contributed by atoms with van der Waals surface area (Å²) in [6.45, 7) is 0.711. The maximum absolute atomic E-state index is 5.30. The fraction of sp³-hybridized carbons (Fsp3) is 0.143. The van der Waals surface area contributed by atoms with Gasteiger partial charge in [-0.05, 0) is 93.5 Å². The number of benzene rings is 2. The predicted octanol–water partition coefficient (Wildman–Crippen LogP) is 6.36. The Morgan fingerprint density at radius 2 is 1.50 bits per heavy atom. The van der Waals surface area contributed by atoms with E-state index in [1.165, 1.54) is 0 Å². The van der Waals surface area contributed by atoms with E-state index >= 15 is 0 Å². The van der Waals surface area contributed by atoms with E-state index in [4.69, 9.17) is 4.74 Å². The van der Waals surface area contributed by atoms with Crippen LogP contribution in [0.2, 0.25) is 0 Å². The Kier molecular flexibility index (Phi) is 5.95. The first-order valence-electron chi connectivity index (χ1n) is 5.72. The van der Waals surface area contributed by atoms with Crippen LogP contribution in [-0.2, 0) is 6.54 Å². The molecular weight excluding hydrogens is 518 g/mol. The van der Waals surface area contributed by atoms with Gasteiger partial charge in [-0.1, -0.05) is 6.07 Å². The summed E-state index contributed by atoms with van der Waals surface area (Å²) in [5.41, 5.74) is 2.18. The minimum Gasteiger partial charge on any atom is -0.494 e. The van der Waals surface area contributed by atoms with Crippen molar-refractivity contribution in [3.05, 3.63) is 53.8 Å². The molecule has 2 nitrogen and oxygen atoms in total. The van der Waals surface area contributed by atoms with Crippen molar-refractivity contribution >= 4 is 69.4 Å². The Bertz CT molecular complexity index is 587. The number of para-hydroxylation sites is 1. The molecule has 0 bridgehead atoms. The van der Waals surface area contributed by atoms with Crippen molar-refractivity contribution in [2.24, 2.45) is 0 Å². The zero-order valence-corrected chi connectivity index (χ0v) is 16.9. The molecule has 1 N–H and O–H groups in total. The molecule has 0 aliphatic heterocycles. The Morgan fingerprint density at radius 3 is 2.00 bits per heavy atom. The summed E-state index contributed by atoms with van der Waals surface area (Å²) in [4.78, 5) is 0. The van der Waals surface area contributed by atoms with Gasteiger partial charge in [-0.15, -0.1) is 0 Å². The van der Waals surface area contributed by atoms with Gasteiger partial charge in [0.25, 0.3) is 0 Å². The fourth-order valence-corrected chi connectivity index (χ4v) is 4.65. The summed E-state index contributed by atoms with van der Waals surface area (Å²) < 4.78 is 9.21. The van der Waals surface area contributed by atoms with Gasteiger partial charge in [0.05, 0.1) is 21.7 Å². The summed E-state index contributed by atoms with van der Waals surface area (Å²) in [5.74, 6) is 0.802. The lowest BCUT2D eigenvalue weighted by atomic mass is 10.2. The van der Waals surface area contributed by atoms with Gasteiger partial charge in [0.15, 0.2) is 0 Å². The van der Waals surface area contributed by atoms with Crippen molar-refractivity contribution in [3.8, 4) is 5.75 Å². The second-order valence-corrected chi connectivity index (χ2v) is 7.46. The average Bonchev–Trinajstić information content (AvgIpc) is 2.38. The van der Waals surface area contributed by atoms with Crippen molar-refractivity contribution in [3.63, 3.8) is 0 Å². The third-order valence-corrected chi connectivity index (χ3v) is 5.19. The molecule has 20 heavy (non-hydrogen) atoms. The van der Waals surface area contributed by atoms with Crippen LogP contribution in [0.15, 0.2) is 48.2 Å². The first-order chi connectivity index (χ1) is 9.52. The number of hydrogen-bond donors (Lipinski definition) is 1. The molecule has 0 aliphatic carbocycles. The van der Waals surface area contributed by atoms with E-state index in [1.807, 2.05) is 30.3 Å². The molecule has 0 spiro atoms. The number of halogens is 4. The van der Waals surface area contributed by atoms with Crippen LogP contribution in [0.1, 0.15) is 5.56 Å². The largest absolute Gasteiger partial charge is 0.494 e. The van der Waals surface area contributed by atoms with Crippen LogP contribution in [0.5, 0.6) is 5.75 Å². The first-order valence-corrected chi connectivity index (χ1v) is 8.90. The van der Waals surface area contributed by atoms with Crippen LogP contribution in [0.3, 0.4) is 0 Å². The van der Waals surface area contributed by atoms with Crippen LogP contribution in [0.4, 0.5) is 5.69 Å². The van der Waals surface area contributed by atoms with Gasteiger partial charge >= 0.3 is 0 Å². The number of ether oxygens (including phenoxy) is 1. The highest BCUT2D eigenvalue weighted by molar-refractivity contribution is 9.11. The van der Waals surface area contributed by atoms with Gasteiger partial charge in [-0.25, -0.2) is 0 Å². The van der Waals surface area contributed by atoms with Gasteiger partial charge in [-0.3, -0.25) is 0 Å². The summed E-state index contributed by atoms with van der Waals surface area (Å²) in [6, 6.07) is 10.1. The van der Waals surface area contributed by atoms with Gasteiger partial charge < -0.3 is 10.1 Å². The summed E-state index contributed by atoms with van der Waals surface area (Å²) in [5, 5.41) is 3.41. The molecule has 2 rings (SSSR count). The summed E-state index contributed by atoms with van der Waals surface area (Å²) in [6.07, 6.45) is 0. The molecule has 0 fully saturated rings. The molecule has 0 heterocycles. The minimum atomic E-state index is 0.711. The number of anilines is 1. The Morgan fingerprint density at radius 1 is 0.950 bits per heavy atom. The minimum absolute atomic E-state index is 0.711. The first kappa shape index (κ1) is 16.3. The molecule has 0 atom stereocenters. The van der Waals surface area contributed by atoms with Crippen LogP contribution < -0.4 is 10.1 Å². The Balaban J connectivity index is 2.20. The second kappa shape index (κ2) is 7.29. The molecule has 2 aromatic carbocycles. The van der Waals surface area contributed by atoms with Crippen LogP contribution in [0, 0.1) is 0 Å². The SMILES string of the molecule is COc1c(Br)cc(CNc2c(Br)cccc2Br)cc1Br. The van der Waals surface area contributed by atoms with Crippen molar-refractivity contribution in [1.82, 2.24) is 0 Å². The molecule has 0 amide bonds. The normalized spacial score (nSPS) is 10.4. The van der Waals surface area contributed by atoms with Crippen LogP contribution in [0.25, 0.3) is 0 Å². The highest BCUT2D eigenvalue weighted by atomic mass is 79.9.